The maximum absolute atomic E-state index is 12.3. The Morgan fingerprint density at radius 1 is 1.00 bits per heavy atom. The van der Waals surface area contributed by atoms with Gasteiger partial charge in [-0.1, -0.05) is 55.5 Å². The Morgan fingerprint density at radius 3 is 2.18 bits per heavy atom. The minimum absolute atomic E-state index is 0.00245. The van der Waals surface area contributed by atoms with E-state index in [-0.39, 0.29) is 37.9 Å². The second-order valence-electron chi connectivity index (χ2n) is 8.32. The van der Waals surface area contributed by atoms with Gasteiger partial charge in [0.05, 0.1) is 0 Å². The molecule has 176 valence electrons. The van der Waals surface area contributed by atoms with Crippen LogP contribution in [0.3, 0.4) is 0 Å². The van der Waals surface area contributed by atoms with Crippen molar-refractivity contribution >= 4 is 18.0 Å². The molecule has 1 aliphatic rings. The first kappa shape index (κ1) is 24.3. The maximum Gasteiger partial charge on any atom is 0.407 e. The molecule has 0 aromatic heterocycles. The van der Waals surface area contributed by atoms with Crippen molar-refractivity contribution in [2.75, 3.05) is 19.8 Å². The SMILES string of the molecule is CC(CCC(=O)N[C@H](CCO)C(=O)O)CNC(=O)OCC1c2ccccc2-c2ccccc21. The highest BCUT2D eigenvalue weighted by Crippen LogP contribution is 2.44. The number of carbonyl (C=O) groups excluding carboxylic acids is 2. The van der Waals surface area contributed by atoms with Gasteiger partial charge in [-0.3, -0.25) is 4.79 Å². The van der Waals surface area contributed by atoms with E-state index in [4.69, 9.17) is 14.9 Å². The largest absolute Gasteiger partial charge is 0.480 e. The molecule has 2 amide bonds. The molecule has 8 nitrogen and oxygen atoms in total. The number of amides is 2. The third-order valence-corrected chi connectivity index (χ3v) is 5.85. The summed E-state index contributed by atoms with van der Waals surface area (Å²) in [4.78, 5) is 35.3. The van der Waals surface area contributed by atoms with E-state index < -0.39 is 24.0 Å². The number of aliphatic hydroxyl groups excluding tert-OH is 1. The molecule has 2 aromatic carbocycles. The number of aliphatic hydroxyl groups is 1. The molecule has 1 aliphatic carbocycles. The highest BCUT2D eigenvalue weighted by atomic mass is 16.5. The van der Waals surface area contributed by atoms with Gasteiger partial charge in [0.25, 0.3) is 0 Å². The van der Waals surface area contributed by atoms with Crippen molar-refractivity contribution in [2.24, 2.45) is 5.92 Å². The number of carbonyl (C=O) groups is 3. The summed E-state index contributed by atoms with van der Waals surface area (Å²) in [5.74, 6) is -1.59. The molecule has 0 spiro atoms. The van der Waals surface area contributed by atoms with Gasteiger partial charge in [0.15, 0.2) is 0 Å². The summed E-state index contributed by atoms with van der Waals surface area (Å²) in [6.45, 7) is 2.14. The van der Waals surface area contributed by atoms with Crippen LogP contribution in [0, 0.1) is 5.92 Å². The van der Waals surface area contributed by atoms with Crippen molar-refractivity contribution in [3.05, 3.63) is 59.7 Å². The summed E-state index contributed by atoms with van der Waals surface area (Å²) < 4.78 is 5.50. The first-order chi connectivity index (χ1) is 15.9. The molecule has 0 saturated carbocycles. The van der Waals surface area contributed by atoms with Gasteiger partial charge >= 0.3 is 12.1 Å². The Hall–Kier alpha value is -3.39. The molecule has 0 aliphatic heterocycles. The van der Waals surface area contributed by atoms with Gasteiger partial charge in [-0.25, -0.2) is 9.59 Å². The summed E-state index contributed by atoms with van der Waals surface area (Å²) >= 11 is 0. The third-order valence-electron chi connectivity index (χ3n) is 5.85. The van der Waals surface area contributed by atoms with Gasteiger partial charge in [-0.15, -0.1) is 0 Å². The zero-order valence-electron chi connectivity index (χ0n) is 18.6. The summed E-state index contributed by atoms with van der Waals surface area (Å²) in [6.07, 6.45) is 0.0472. The number of carboxylic acid groups (broad SMARTS) is 1. The van der Waals surface area contributed by atoms with E-state index in [1.54, 1.807) is 0 Å². The zero-order valence-corrected chi connectivity index (χ0v) is 18.6. The molecule has 0 heterocycles. The number of hydrogen-bond acceptors (Lipinski definition) is 5. The average Bonchev–Trinajstić information content (AvgIpc) is 3.13. The molecule has 4 N–H and O–H groups in total. The Balaban J connectivity index is 1.42. The quantitative estimate of drug-likeness (QED) is 0.414. The summed E-state index contributed by atoms with van der Waals surface area (Å²) in [7, 11) is 0. The second-order valence-corrected chi connectivity index (χ2v) is 8.32. The molecule has 0 bridgehead atoms. The fourth-order valence-electron chi connectivity index (χ4n) is 4.04. The van der Waals surface area contributed by atoms with Crippen molar-refractivity contribution in [3.63, 3.8) is 0 Å². The summed E-state index contributed by atoms with van der Waals surface area (Å²) in [6, 6.07) is 15.1. The van der Waals surface area contributed by atoms with Crippen LogP contribution in [0.5, 0.6) is 0 Å². The lowest BCUT2D eigenvalue weighted by atomic mass is 9.98. The monoisotopic (exact) mass is 454 g/mol. The number of hydrogen-bond donors (Lipinski definition) is 4. The molecule has 8 heteroatoms. The van der Waals surface area contributed by atoms with E-state index >= 15 is 0 Å². The lowest BCUT2D eigenvalue weighted by Crippen LogP contribution is -2.41. The highest BCUT2D eigenvalue weighted by Gasteiger charge is 2.29. The van der Waals surface area contributed by atoms with E-state index in [9.17, 15) is 14.4 Å². The number of aliphatic carboxylic acids is 1. The van der Waals surface area contributed by atoms with E-state index in [0.29, 0.717) is 13.0 Å². The van der Waals surface area contributed by atoms with Gasteiger partial charge in [0, 0.05) is 31.9 Å². The fourth-order valence-corrected chi connectivity index (χ4v) is 4.04. The molecule has 2 aromatic rings. The number of benzene rings is 2. The fraction of sp³-hybridized carbons (Fsp3) is 0.400. The highest BCUT2D eigenvalue weighted by molar-refractivity contribution is 5.83. The van der Waals surface area contributed by atoms with E-state index in [1.165, 1.54) is 0 Å². The number of rotatable bonds is 11. The molecule has 0 radical (unpaired) electrons. The van der Waals surface area contributed by atoms with Crippen LogP contribution >= 0.6 is 0 Å². The molecule has 1 unspecified atom stereocenters. The predicted molar refractivity (Wildman–Crippen MR) is 123 cm³/mol. The van der Waals surface area contributed by atoms with Crippen molar-refractivity contribution in [3.8, 4) is 11.1 Å². The molecule has 2 atom stereocenters. The lowest BCUT2D eigenvalue weighted by molar-refractivity contribution is -0.142. The average molecular weight is 455 g/mol. The van der Waals surface area contributed by atoms with Gasteiger partial charge in [-0.05, 0) is 34.6 Å². The number of ether oxygens (including phenoxy) is 1. The number of alkyl carbamates (subject to hydrolysis) is 1. The lowest BCUT2D eigenvalue weighted by Gasteiger charge is -2.17. The number of fused-ring (bicyclic) bond motifs is 3. The molecule has 3 rings (SSSR count). The Bertz CT molecular complexity index is 947. The van der Waals surface area contributed by atoms with Crippen molar-refractivity contribution < 1.29 is 29.3 Å². The van der Waals surface area contributed by atoms with Gasteiger partial charge in [-0.2, -0.15) is 0 Å². The van der Waals surface area contributed by atoms with Gasteiger partial charge in [0.2, 0.25) is 5.91 Å². The van der Waals surface area contributed by atoms with Gasteiger partial charge in [0.1, 0.15) is 12.6 Å². The van der Waals surface area contributed by atoms with Crippen LogP contribution in [0.15, 0.2) is 48.5 Å². The maximum atomic E-state index is 12.3. The van der Waals surface area contributed by atoms with Gasteiger partial charge < -0.3 is 25.6 Å². The standard InChI is InChI=1S/C25H30N2O6/c1-16(10-11-23(29)27-22(12-13-28)24(30)31)14-26-25(32)33-15-21-19-8-4-2-6-17(19)18-7-3-5-9-20(18)21/h2-9,16,21-22,28H,10-15H2,1H3,(H,26,32)(H,27,29)(H,30,31)/t16?,22-/m1/s1. The number of nitrogens with one attached hydrogen (secondary N) is 2. The van der Waals surface area contributed by atoms with Crippen molar-refractivity contribution in [2.45, 2.75) is 38.1 Å². The summed E-state index contributed by atoms with van der Waals surface area (Å²) in [5, 5.41) is 23.0. The van der Waals surface area contributed by atoms with Crippen LogP contribution in [-0.4, -0.2) is 54.0 Å². The molecular weight excluding hydrogens is 424 g/mol. The Kier molecular flexibility index (Phi) is 8.43. The van der Waals surface area contributed by atoms with E-state index in [0.717, 1.165) is 22.3 Å². The predicted octanol–water partition coefficient (Wildman–Crippen LogP) is 2.89. The number of carboxylic acids is 1. The van der Waals surface area contributed by atoms with E-state index in [1.807, 2.05) is 31.2 Å². The minimum Gasteiger partial charge on any atom is -0.480 e. The van der Waals surface area contributed by atoms with Crippen LogP contribution in [0.25, 0.3) is 11.1 Å². The van der Waals surface area contributed by atoms with Crippen molar-refractivity contribution in [1.29, 1.82) is 0 Å². The molecule has 33 heavy (non-hydrogen) atoms. The topological polar surface area (TPSA) is 125 Å². The molecule has 0 fully saturated rings. The zero-order chi connectivity index (χ0) is 23.8. The Morgan fingerprint density at radius 2 is 1.61 bits per heavy atom. The Labute approximate surface area is 193 Å². The normalized spacial score (nSPS) is 14.0. The smallest absolute Gasteiger partial charge is 0.407 e. The van der Waals surface area contributed by atoms with Crippen LogP contribution in [0.4, 0.5) is 4.79 Å². The molecular formula is C25H30N2O6. The minimum atomic E-state index is -1.18. The molecule has 0 saturated heterocycles. The first-order valence-corrected chi connectivity index (χ1v) is 11.1. The second kappa shape index (κ2) is 11.5. The van der Waals surface area contributed by atoms with Crippen molar-refractivity contribution in [1.82, 2.24) is 10.6 Å². The van der Waals surface area contributed by atoms with Crippen LogP contribution in [0.1, 0.15) is 43.2 Å². The van der Waals surface area contributed by atoms with Crippen LogP contribution in [-0.2, 0) is 14.3 Å². The van der Waals surface area contributed by atoms with E-state index in [2.05, 4.69) is 34.9 Å². The third kappa shape index (κ3) is 6.32. The van der Waals surface area contributed by atoms with Crippen LogP contribution in [0.2, 0.25) is 0 Å². The summed E-state index contributed by atoms with van der Waals surface area (Å²) in [5.41, 5.74) is 4.62. The van der Waals surface area contributed by atoms with Crippen LogP contribution < -0.4 is 10.6 Å². The first-order valence-electron chi connectivity index (χ1n) is 11.1.